The topological polar surface area (TPSA) is 55.5 Å². The molecular formula is C16H29NO2. The number of nitrogens with two attached hydrogens (primary N) is 1. The van der Waals surface area contributed by atoms with Crippen molar-refractivity contribution in [1.82, 2.24) is 0 Å². The minimum absolute atomic E-state index is 0.132. The van der Waals surface area contributed by atoms with Crippen LogP contribution in [0.1, 0.15) is 59.8 Å². The van der Waals surface area contributed by atoms with E-state index in [2.05, 4.69) is 13.8 Å². The van der Waals surface area contributed by atoms with Gasteiger partial charge in [-0.25, -0.2) is 0 Å². The van der Waals surface area contributed by atoms with E-state index in [1.54, 1.807) is 0 Å². The van der Waals surface area contributed by atoms with E-state index in [1.165, 1.54) is 19.3 Å². The fourth-order valence-corrected chi connectivity index (χ4v) is 5.79. The quantitative estimate of drug-likeness (QED) is 0.808. The molecule has 0 aromatic heterocycles. The molecule has 0 amide bonds. The molecule has 4 atom stereocenters. The molecule has 4 unspecified atom stereocenters. The zero-order valence-corrected chi connectivity index (χ0v) is 12.8. The summed E-state index contributed by atoms with van der Waals surface area (Å²) in [7, 11) is 0. The monoisotopic (exact) mass is 267 g/mol. The van der Waals surface area contributed by atoms with Gasteiger partial charge in [0.05, 0.1) is 11.2 Å². The van der Waals surface area contributed by atoms with Crippen LogP contribution in [0.3, 0.4) is 0 Å². The summed E-state index contributed by atoms with van der Waals surface area (Å²) in [6, 6.07) is 0. The number of aliphatic hydroxyl groups is 1. The van der Waals surface area contributed by atoms with Crippen LogP contribution in [0.5, 0.6) is 0 Å². The predicted octanol–water partition coefficient (Wildman–Crippen LogP) is 2.46. The van der Waals surface area contributed by atoms with Gasteiger partial charge in [-0.15, -0.1) is 0 Å². The van der Waals surface area contributed by atoms with Gasteiger partial charge in [-0.05, 0) is 58.8 Å². The van der Waals surface area contributed by atoms with E-state index in [4.69, 9.17) is 10.5 Å². The highest BCUT2D eigenvalue weighted by molar-refractivity contribution is 5.20. The van der Waals surface area contributed by atoms with Crippen LogP contribution in [-0.2, 0) is 4.74 Å². The second kappa shape index (κ2) is 3.75. The van der Waals surface area contributed by atoms with Gasteiger partial charge in [0.2, 0.25) is 0 Å². The lowest BCUT2D eigenvalue weighted by Gasteiger charge is -2.53. The van der Waals surface area contributed by atoms with E-state index in [-0.39, 0.29) is 11.0 Å². The number of ether oxygens (including phenoxy) is 1. The molecule has 3 N–H and O–H groups in total. The summed E-state index contributed by atoms with van der Waals surface area (Å²) in [6.07, 6.45) is 5.62. The molecule has 1 heterocycles. The van der Waals surface area contributed by atoms with Crippen molar-refractivity contribution in [2.75, 3.05) is 6.54 Å². The van der Waals surface area contributed by atoms with Gasteiger partial charge in [-0.1, -0.05) is 6.42 Å². The zero-order valence-electron chi connectivity index (χ0n) is 12.8. The van der Waals surface area contributed by atoms with Crippen molar-refractivity contribution in [2.24, 2.45) is 23.0 Å². The smallest absolute Gasteiger partial charge is 0.103 e. The van der Waals surface area contributed by atoms with Crippen LogP contribution in [0, 0.1) is 17.3 Å². The highest BCUT2D eigenvalue weighted by atomic mass is 16.5. The van der Waals surface area contributed by atoms with Gasteiger partial charge in [-0.2, -0.15) is 0 Å². The Bertz CT molecular complexity index is 392. The standard InChI is InChI=1S/C16H29NO2/c1-13(2)9-16(18,14(3,4)19-13)15(10-17)8-11-5-6-12(15)7-11/h11-12,18H,5-10,17H2,1-4H3. The van der Waals surface area contributed by atoms with Gasteiger partial charge in [0, 0.05) is 18.4 Å². The maximum Gasteiger partial charge on any atom is 0.103 e. The van der Waals surface area contributed by atoms with Gasteiger partial charge < -0.3 is 15.6 Å². The molecule has 2 saturated carbocycles. The Morgan fingerprint density at radius 2 is 1.89 bits per heavy atom. The first-order valence-electron chi connectivity index (χ1n) is 7.78. The number of hydrogen-bond donors (Lipinski definition) is 2. The second-order valence-corrected chi connectivity index (χ2v) is 8.35. The van der Waals surface area contributed by atoms with Crippen LogP contribution in [0.4, 0.5) is 0 Å². The summed E-state index contributed by atoms with van der Waals surface area (Å²) in [4.78, 5) is 0. The molecule has 110 valence electrons. The van der Waals surface area contributed by atoms with E-state index < -0.39 is 11.2 Å². The van der Waals surface area contributed by atoms with Gasteiger partial charge in [0.15, 0.2) is 0 Å². The second-order valence-electron chi connectivity index (χ2n) is 8.35. The third kappa shape index (κ3) is 1.61. The number of fused-ring (bicyclic) bond motifs is 2. The molecule has 3 nitrogen and oxygen atoms in total. The zero-order chi connectivity index (χ0) is 14.1. The molecular weight excluding hydrogens is 238 g/mol. The van der Waals surface area contributed by atoms with E-state index >= 15 is 0 Å². The van der Waals surface area contributed by atoms with Crippen molar-refractivity contribution < 1.29 is 9.84 Å². The third-order valence-electron chi connectivity index (χ3n) is 6.37. The van der Waals surface area contributed by atoms with E-state index in [1.807, 2.05) is 13.8 Å². The van der Waals surface area contributed by atoms with Crippen molar-refractivity contribution in [3.8, 4) is 0 Å². The normalized spacial score (nSPS) is 50.8. The Labute approximate surface area is 116 Å². The lowest BCUT2D eigenvalue weighted by molar-refractivity contribution is -0.191. The fraction of sp³-hybridized carbons (Fsp3) is 1.00. The lowest BCUT2D eigenvalue weighted by atomic mass is 9.56. The minimum atomic E-state index is -0.794. The van der Waals surface area contributed by atoms with Crippen molar-refractivity contribution in [2.45, 2.75) is 76.6 Å². The van der Waals surface area contributed by atoms with Gasteiger partial charge in [-0.3, -0.25) is 0 Å². The molecule has 3 rings (SSSR count). The Kier molecular flexibility index (Phi) is 2.73. The molecule has 2 aliphatic carbocycles. The first-order valence-corrected chi connectivity index (χ1v) is 7.78. The van der Waals surface area contributed by atoms with E-state index in [0.29, 0.717) is 18.9 Å². The summed E-state index contributed by atoms with van der Waals surface area (Å²) in [5.74, 6) is 1.36. The Morgan fingerprint density at radius 1 is 1.21 bits per heavy atom. The van der Waals surface area contributed by atoms with Crippen LogP contribution in [0.2, 0.25) is 0 Å². The van der Waals surface area contributed by atoms with Crippen molar-refractivity contribution >= 4 is 0 Å². The molecule has 1 aliphatic heterocycles. The van der Waals surface area contributed by atoms with Gasteiger partial charge >= 0.3 is 0 Å². The molecule has 0 radical (unpaired) electrons. The average molecular weight is 267 g/mol. The van der Waals surface area contributed by atoms with Crippen molar-refractivity contribution in [3.63, 3.8) is 0 Å². The van der Waals surface area contributed by atoms with Crippen molar-refractivity contribution in [3.05, 3.63) is 0 Å². The molecule has 2 bridgehead atoms. The van der Waals surface area contributed by atoms with E-state index in [0.717, 1.165) is 12.3 Å². The van der Waals surface area contributed by atoms with Crippen LogP contribution in [0.15, 0.2) is 0 Å². The molecule has 3 fully saturated rings. The first kappa shape index (κ1) is 13.8. The molecule has 0 spiro atoms. The summed E-state index contributed by atoms with van der Waals surface area (Å²) < 4.78 is 6.19. The first-order chi connectivity index (χ1) is 8.66. The average Bonchev–Trinajstić information content (AvgIpc) is 2.89. The Morgan fingerprint density at radius 3 is 2.26 bits per heavy atom. The maximum atomic E-state index is 11.6. The SMILES string of the molecule is CC1(C)CC(O)(C2(CN)CC3CCC2C3)C(C)(C)O1. The van der Waals surface area contributed by atoms with Crippen LogP contribution in [0.25, 0.3) is 0 Å². The number of rotatable bonds is 2. The summed E-state index contributed by atoms with van der Waals surface area (Å²) >= 11 is 0. The molecule has 19 heavy (non-hydrogen) atoms. The third-order valence-corrected chi connectivity index (χ3v) is 6.37. The molecule has 1 saturated heterocycles. The molecule has 3 heteroatoms. The predicted molar refractivity (Wildman–Crippen MR) is 75.7 cm³/mol. The van der Waals surface area contributed by atoms with Crippen molar-refractivity contribution in [1.29, 1.82) is 0 Å². The highest BCUT2D eigenvalue weighted by Gasteiger charge is 2.70. The largest absolute Gasteiger partial charge is 0.386 e. The molecule has 3 aliphatic rings. The summed E-state index contributed by atoms with van der Waals surface area (Å²) in [5.41, 5.74) is 4.51. The van der Waals surface area contributed by atoms with Gasteiger partial charge in [0.25, 0.3) is 0 Å². The van der Waals surface area contributed by atoms with Crippen LogP contribution < -0.4 is 5.73 Å². The molecule has 0 aromatic rings. The fourth-order valence-electron chi connectivity index (χ4n) is 5.79. The minimum Gasteiger partial charge on any atom is -0.386 e. The van der Waals surface area contributed by atoms with Crippen LogP contribution >= 0.6 is 0 Å². The van der Waals surface area contributed by atoms with Gasteiger partial charge in [0.1, 0.15) is 5.60 Å². The lowest BCUT2D eigenvalue weighted by Crippen LogP contribution is -2.63. The Balaban J connectivity index is 2.04. The molecule has 0 aromatic carbocycles. The summed E-state index contributed by atoms with van der Waals surface area (Å²) in [5, 5.41) is 11.6. The summed E-state index contributed by atoms with van der Waals surface area (Å²) in [6.45, 7) is 8.86. The van der Waals surface area contributed by atoms with Crippen LogP contribution in [-0.4, -0.2) is 28.5 Å². The Hall–Kier alpha value is -0.120. The maximum absolute atomic E-state index is 11.6. The van der Waals surface area contributed by atoms with E-state index in [9.17, 15) is 5.11 Å². The highest BCUT2D eigenvalue weighted by Crippen LogP contribution is 2.66. The number of hydrogen-bond acceptors (Lipinski definition) is 3.